The fraction of sp³-hybridized carbons (Fsp3) is 0.235. The van der Waals surface area contributed by atoms with Crippen LogP contribution in [-0.2, 0) is 0 Å². The number of nitrogens with zero attached hydrogens (tertiary/aromatic N) is 1. The molecule has 2 aromatic rings. The summed E-state index contributed by atoms with van der Waals surface area (Å²) in [5, 5.41) is 8.39. The van der Waals surface area contributed by atoms with E-state index in [1.807, 2.05) is 0 Å². The van der Waals surface area contributed by atoms with Crippen LogP contribution in [0.5, 0.6) is 0 Å². The zero-order valence-electron chi connectivity index (χ0n) is 13.3. The Bertz CT molecular complexity index is 704. The van der Waals surface area contributed by atoms with Crippen molar-refractivity contribution in [2.75, 3.05) is 25.5 Å². The van der Waals surface area contributed by atoms with Crippen LogP contribution < -0.4 is 16.0 Å². The minimum absolute atomic E-state index is 0.213. The topological polar surface area (TPSA) is 83.1 Å². The molecule has 126 valence electrons. The average molecular weight is 330 g/mol. The molecule has 7 heteroatoms. The van der Waals surface area contributed by atoms with Gasteiger partial charge in [0.1, 0.15) is 11.6 Å². The van der Waals surface area contributed by atoms with Crippen LogP contribution in [0.1, 0.15) is 27.1 Å². The standard InChI is InChI=1S/C17H19FN4O2/c1-19-17(24)14-4-2-9-20-15(14)21-10-3-11-22-16(23)12-5-7-13(18)8-6-12/h2,4-9H,3,10-11H2,1H3,(H,19,24)(H,20,21)(H,22,23). The van der Waals surface area contributed by atoms with Gasteiger partial charge < -0.3 is 16.0 Å². The molecule has 0 spiro atoms. The van der Waals surface area contributed by atoms with Crippen LogP contribution in [0.25, 0.3) is 0 Å². The van der Waals surface area contributed by atoms with Crippen molar-refractivity contribution in [3.63, 3.8) is 0 Å². The molecule has 0 saturated carbocycles. The Morgan fingerprint density at radius 1 is 1.08 bits per heavy atom. The van der Waals surface area contributed by atoms with Crippen molar-refractivity contribution in [3.05, 3.63) is 59.5 Å². The Balaban J connectivity index is 1.76. The number of rotatable bonds is 7. The molecule has 0 aliphatic heterocycles. The van der Waals surface area contributed by atoms with Crippen molar-refractivity contribution in [1.82, 2.24) is 15.6 Å². The fourth-order valence-corrected chi connectivity index (χ4v) is 2.06. The molecule has 3 N–H and O–H groups in total. The highest BCUT2D eigenvalue weighted by molar-refractivity contribution is 5.98. The summed E-state index contributed by atoms with van der Waals surface area (Å²) < 4.78 is 12.8. The Kier molecular flexibility index (Phi) is 6.24. The molecule has 0 unspecified atom stereocenters. The summed E-state index contributed by atoms with van der Waals surface area (Å²) in [6.07, 6.45) is 2.25. The summed E-state index contributed by atoms with van der Waals surface area (Å²) in [5.41, 5.74) is 0.881. The lowest BCUT2D eigenvalue weighted by molar-refractivity contribution is 0.0949. The second kappa shape index (κ2) is 8.61. The van der Waals surface area contributed by atoms with Gasteiger partial charge in [-0.1, -0.05) is 0 Å². The van der Waals surface area contributed by atoms with Crippen molar-refractivity contribution >= 4 is 17.6 Å². The highest BCUT2D eigenvalue weighted by Gasteiger charge is 2.10. The van der Waals surface area contributed by atoms with E-state index in [2.05, 4.69) is 20.9 Å². The number of carbonyl (C=O) groups excluding carboxylic acids is 2. The molecular formula is C17H19FN4O2. The molecule has 0 aliphatic carbocycles. The Hall–Kier alpha value is -2.96. The Morgan fingerprint density at radius 3 is 2.54 bits per heavy atom. The maximum Gasteiger partial charge on any atom is 0.254 e. The van der Waals surface area contributed by atoms with Gasteiger partial charge in [-0.2, -0.15) is 0 Å². The molecule has 0 bridgehead atoms. The minimum atomic E-state index is -0.377. The predicted octanol–water partition coefficient (Wildman–Crippen LogP) is 1.81. The van der Waals surface area contributed by atoms with Gasteiger partial charge in [-0.05, 0) is 42.8 Å². The zero-order valence-corrected chi connectivity index (χ0v) is 13.3. The lowest BCUT2D eigenvalue weighted by atomic mass is 10.2. The third-order valence-corrected chi connectivity index (χ3v) is 3.32. The van der Waals surface area contributed by atoms with Crippen LogP contribution >= 0.6 is 0 Å². The van der Waals surface area contributed by atoms with E-state index in [4.69, 9.17) is 0 Å². The molecule has 24 heavy (non-hydrogen) atoms. The average Bonchev–Trinajstić information content (AvgIpc) is 2.61. The van der Waals surface area contributed by atoms with Crippen LogP contribution in [0.3, 0.4) is 0 Å². The molecule has 0 radical (unpaired) electrons. The van der Waals surface area contributed by atoms with Crippen molar-refractivity contribution in [2.45, 2.75) is 6.42 Å². The molecule has 1 aromatic heterocycles. The number of carbonyl (C=O) groups is 2. The summed E-state index contributed by atoms with van der Waals surface area (Å²) in [4.78, 5) is 27.7. The normalized spacial score (nSPS) is 10.1. The maximum absolute atomic E-state index is 12.8. The summed E-state index contributed by atoms with van der Waals surface area (Å²) in [6.45, 7) is 0.996. The number of hydrogen-bond donors (Lipinski definition) is 3. The van der Waals surface area contributed by atoms with Gasteiger partial charge >= 0.3 is 0 Å². The van der Waals surface area contributed by atoms with E-state index in [0.717, 1.165) is 0 Å². The highest BCUT2D eigenvalue weighted by atomic mass is 19.1. The molecule has 0 fully saturated rings. The van der Waals surface area contributed by atoms with Crippen LogP contribution in [-0.4, -0.2) is 36.9 Å². The van der Waals surface area contributed by atoms with E-state index in [-0.39, 0.29) is 17.6 Å². The third kappa shape index (κ3) is 4.77. The summed E-state index contributed by atoms with van der Waals surface area (Å²) in [6, 6.07) is 8.75. The smallest absolute Gasteiger partial charge is 0.254 e. The van der Waals surface area contributed by atoms with Crippen LogP contribution in [0.15, 0.2) is 42.6 Å². The lowest BCUT2D eigenvalue weighted by Gasteiger charge is -2.10. The number of anilines is 1. The number of hydrogen-bond acceptors (Lipinski definition) is 4. The van der Waals surface area contributed by atoms with Gasteiger partial charge in [0.15, 0.2) is 0 Å². The fourth-order valence-electron chi connectivity index (χ4n) is 2.06. The minimum Gasteiger partial charge on any atom is -0.369 e. The van der Waals surface area contributed by atoms with Gasteiger partial charge in [-0.25, -0.2) is 9.37 Å². The predicted molar refractivity (Wildman–Crippen MR) is 89.5 cm³/mol. The van der Waals surface area contributed by atoms with E-state index >= 15 is 0 Å². The quantitative estimate of drug-likeness (QED) is 0.676. The van der Waals surface area contributed by atoms with E-state index in [1.54, 1.807) is 25.4 Å². The first kappa shape index (κ1) is 17.4. The van der Waals surface area contributed by atoms with Crippen molar-refractivity contribution in [1.29, 1.82) is 0 Å². The Labute approximate surface area is 139 Å². The van der Waals surface area contributed by atoms with E-state index in [0.29, 0.717) is 36.5 Å². The van der Waals surface area contributed by atoms with Crippen molar-refractivity contribution in [2.24, 2.45) is 0 Å². The lowest BCUT2D eigenvalue weighted by Crippen LogP contribution is -2.26. The number of aromatic nitrogens is 1. The van der Waals surface area contributed by atoms with Gasteiger partial charge in [-0.3, -0.25) is 9.59 Å². The van der Waals surface area contributed by atoms with Gasteiger partial charge in [0.2, 0.25) is 0 Å². The van der Waals surface area contributed by atoms with Crippen LogP contribution in [0.4, 0.5) is 10.2 Å². The zero-order chi connectivity index (χ0) is 17.4. The second-order valence-corrected chi connectivity index (χ2v) is 5.02. The second-order valence-electron chi connectivity index (χ2n) is 5.02. The van der Waals surface area contributed by atoms with Crippen LogP contribution in [0.2, 0.25) is 0 Å². The molecular weight excluding hydrogens is 311 g/mol. The first-order valence-corrected chi connectivity index (χ1v) is 7.56. The molecule has 6 nitrogen and oxygen atoms in total. The van der Waals surface area contributed by atoms with Crippen LogP contribution in [0, 0.1) is 5.82 Å². The maximum atomic E-state index is 12.8. The van der Waals surface area contributed by atoms with E-state index in [9.17, 15) is 14.0 Å². The number of pyridine rings is 1. The monoisotopic (exact) mass is 330 g/mol. The SMILES string of the molecule is CNC(=O)c1cccnc1NCCCNC(=O)c1ccc(F)cc1. The molecule has 1 aromatic carbocycles. The third-order valence-electron chi connectivity index (χ3n) is 3.32. The molecule has 2 rings (SSSR count). The molecule has 0 atom stereocenters. The van der Waals surface area contributed by atoms with E-state index in [1.165, 1.54) is 24.3 Å². The van der Waals surface area contributed by atoms with Gasteiger partial charge in [-0.15, -0.1) is 0 Å². The summed E-state index contributed by atoms with van der Waals surface area (Å²) in [7, 11) is 1.56. The van der Waals surface area contributed by atoms with Gasteiger partial charge in [0.25, 0.3) is 11.8 Å². The molecule has 1 heterocycles. The highest BCUT2D eigenvalue weighted by Crippen LogP contribution is 2.10. The molecule has 0 aliphatic rings. The van der Waals surface area contributed by atoms with Crippen molar-refractivity contribution < 1.29 is 14.0 Å². The first-order chi connectivity index (χ1) is 11.6. The van der Waals surface area contributed by atoms with Gasteiger partial charge in [0.05, 0.1) is 5.56 Å². The molecule has 0 saturated heterocycles. The Morgan fingerprint density at radius 2 is 1.83 bits per heavy atom. The first-order valence-electron chi connectivity index (χ1n) is 7.56. The van der Waals surface area contributed by atoms with E-state index < -0.39 is 0 Å². The van der Waals surface area contributed by atoms with Crippen molar-refractivity contribution in [3.8, 4) is 0 Å². The van der Waals surface area contributed by atoms with Gasteiger partial charge in [0, 0.05) is 31.9 Å². The number of halogens is 1. The largest absolute Gasteiger partial charge is 0.369 e. The number of benzene rings is 1. The number of amides is 2. The number of nitrogens with one attached hydrogen (secondary N) is 3. The summed E-state index contributed by atoms with van der Waals surface area (Å²) in [5.74, 6) is -0.339. The molecule has 2 amide bonds. The summed E-state index contributed by atoms with van der Waals surface area (Å²) >= 11 is 0.